The molecule has 3 aromatic rings. The number of benzene rings is 2. The maximum atomic E-state index is 14.0. The van der Waals surface area contributed by atoms with Crippen LogP contribution in [0.4, 0.5) is 11.4 Å². The predicted octanol–water partition coefficient (Wildman–Crippen LogP) is 5.18. The topological polar surface area (TPSA) is 88.3 Å². The zero-order valence-corrected chi connectivity index (χ0v) is 20.8. The fraction of sp³-hybridized carbons (Fsp3) is 0.321. The smallest absolute Gasteiger partial charge is 0.259 e. The van der Waals surface area contributed by atoms with Crippen molar-refractivity contribution in [3.63, 3.8) is 0 Å². The number of hydrogen-bond acceptors (Lipinski definition) is 4. The molecule has 0 saturated carbocycles. The van der Waals surface area contributed by atoms with E-state index in [0.29, 0.717) is 22.5 Å². The van der Waals surface area contributed by atoms with E-state index >= 15 is 0 Å². The van der Waals surface area contributed by atoms with Crippen molar-refractivity contribution in [2.45, 2.75) is 59.0 Å². The third kappa shape index (κ3) is 5.63. The van der Waals surface area contributed by atoms with Gasteiger partial charge < -0.3 is 11.1 Å². The quantitative estimate of drug-likeness (QED) is 0.498. The highest BCUT2D eigenvalue weighted by Gasteiger charge is 2.34. The molecule has 0 bridgehead atoms. The average molecular weight is 459 g/mol. The molecule has 6 nitrogen and oxygen atoms in total. The molecule has 0 aliphatic rings. The number of pyridine rings is 1. The Labute approximate surface area is 202 Å². The van der Waals surface area contributed by atoms with Crippen molar-refractivity contribution in [2.75, 3.05) is 10.6 Å². The van der Waals surface area contributed by atoms with E-state index in [-0.39, 0.29) is 23.3 Å². The maximum absolute atomic E-state index is 14.0. The lowest BCUT2D eigenvalue weighted by Crippen LogP contribution is -2.46. The number of aromatic nitrogens is 1. The Bertz CT molecular complexity index is 1150. The third-order valence-electron chi connectivity index (χ3n) is 5.65. The molecule has 178 valence electrons. The minimum absolute atomic E-state index is 0.0430. The lowest BCUT2D eigenvalue weighted by molar-refractivity contribution is -0.123. The van der Waals surface area contributed by atoms with Crippen LogP contribution < -0.4 is 16.0 Å². The summed E-state index contributed by atoms with van der Waals surface area (Å²) >= 11 is 0. The van der Waals surface area contributed by atoms with Crippen molar-refractivity contribution in [1.82, 2.24) is 10.3 Å². The SMILES string of the molecule is Cc1cc(N)ccc1C(=O)N(c1ccc(C(C)(C)C)cc1)C(C(=O)NC(C)C)c1cccnc1. The average Bonchev–Trinajstić information content (AvgIpc) is 2.76. The molecule has 3 N–H and O–H groups in total. The Morgan fingerprint density at radius 2 is 1.71 bits per heavy atom. The van der Waals surface area contributed by atoms with Crippen molar-refractivity contribution >= 4 is 23.2 Å². The molecule has 6 heteroatoms. The van der Waals surface area contributed by atoms with E-state index in [4.69, 9.17) is 5.73 Å². The molecule has 0 aliphatic carbocycles. The van der Waals surface area contributed by atoms with Crippen LogP contribution in [-0.4, -0.2) is 22.8 Å². The van der Waals surface area contributed by atoms with Gasteiger partial charge in [-0.2, -0.15) is 0 Å². The lowest BCUT2D eigenvalue weighted by Gasteiger charge is -2.33. The zero-order valence-electron chi connectivity index (χ0n) is 20.8. The molecular weight excluding hydrogens is 424 g/mol. The van der Waals surface area contributed by atoms with Crippen LogP contribution in [-0.2, 0) is 10.2 Å². The third-order valence-corrected chi connectivity index (χ3v) is 5.65. The number of nitrogens with zero attached hydrogens (tertiary/aromatic N) is 2. The van der Waals surface area contributed by atoms with Gasteiger partial charge in [0.05, 0.1) is 0 Å². The van der Waals surface area contributed by atoms with Gasteiger partial charge in [-0.25, -0.2) is 0 Å². The number of nitrogens with one attached hydrogen (secondary N) is 1. The second-order valence-corrected chi connectivity index (χ2v) is 9.90. The Morgan fingerprint density at radius 3 is 2.24 bits per heavy atom. The first kappa shape index (κ1) is 25.0. The number of hydrogen-bond donors (Lipinski definition) is 2. The van der Waals surface area contributed by atoms with Gasteiger partial charge >= 0.3 is 0 Å². The van der Waals surface area contributed by atoms with E-state index in [1.54, 1.807) is 41.6 Å². The summed E-state index contributed by atoms with van der Waals surface area (Å²) in [4.78, 5) is 33.3. The molecule has 0 radical (unpaired) electrons. The van der Waals surface area contributed by atoms with Gasteiger partial charge in [0.1, 0.15) is 6.04 Å². The molecule has 1 unspecified atom stereocenters. The highest BCUT2D eigenvalue weighted by Crippen LogP contribution is 2.32. The van der Waals surface area contributed by atoms with Crippen LogP contribution >= 0.6 is 0 Å². The molecule has 2 aromatic carbocycles. The molecule has 1 heterocycles. The van der Waals surface area contributed by atoms with Crippen molar-refractivity contribution in [1.29, 1.82) is 0 Å². The van der Waals surface area contributed by atoms with Gasteiger partial charge in [0, 0.05) is 40.9 Å². The number of rotatable bonds is 6. The minimum atomic E-state index is -0.902. The number of nitrogens with two attached hydrogens (primary N) is 1. The highest BCUT2D eigenvalue weighted by atomic mass is 16.2. The van der Waals surface area contributed by atoms with E-state index in [2.05, 4.69) is 31.1 Å². The molecule has 1 atom stereocenters. The Kier molecular flexibility index (Phi) is 7.40. The number of carbonyl (C=O) groups excluding carboxylic acids is 2. The van der Waals surface area contributed by atoms with Crippen LogP contribution in [0.3, 0.4) is 0 Å². The van der Waals surface area contributed by atoms with Gasteiger partial charge in [0.15, 0.2) is 0 Å². The maximum Gasteiger partial charge on any atom is 0.259 e. The largest absolute Gasteiger partial charge is 0.399 e. The predicted molar refractivity (Wildman–Crippen MR) is 138 cm³/mol. The summed E-state index contributed by atoms with van der Waals surface area (Å²) in [5.74, 6) is -0.557. The minimum Gasteiger partial charge on any atom is -0.399 e. The van der Waals surface area contributed by atoms with E-state index in [0.717, 1.165) is 11.1 Å². The Balaban J connectivity index is 2.21. The van der Waals surface area contributed by atoms with Crippen LogP contribution in [0.1, 0.15) is 67.7 Å². The lowest BCUT2D eigenvalue weighted by atomic mass is 9.87. The first-order chi connectivity index (χ1) is 16.0. The van der Waals surface area contributed by atoms with Crippen LogP contribution in [0, 0.1) is 6.92 Å². The van der Waals surface area contributed by atoms with Crippen LogP contribution in [0.15, 0.2) is 67.0 Å². The Hall–Kier alpha value is -3.67. The fourth-order valence-corrected chi connectivity index (χ4v) is 3.88. The monoisotopic (exact) mass is 458 g/mol. The zero-order chi connectivity index (χ0) is 25.0. The molecule has 0 fully saturated rings. The van der Waals surface area contributed by atoms with Gasteiger partial charge in [0.25, 0.3) is 5.91 Å². The number of anilines is 2. The summed E-state index contributed by atoms with van der Waals surface area (Å²) in [6.45, 7) is 12.0. The van der Waals surface area contributed by atoms with Crippen LogP contribution in [0.25, 0.3) is 0 Å². The summed E-state index contributed by atoms with van der Waals surface area (Å²) in [6, 6.07) is 15.6. The summed E-state index contributed by atoms with van der Waals surface area (Å²) in [5, 5.41) is 2.98. The molecular formula is C28H34N4O2. The summed E-state index contributed by atoms with van der Waals surface area (Å²) < 4.78 is 0. The fourth-order valence-electron chi connectivity index (χ4n) is 3.88. The van der Waals surface area contributed by atoms with Gasteiger partial charge in [-0.3, -0.25) is 19.5 Å². The normalized spacial score (nSPS) is 12.3. The van der Waals surface area contributed by atoms with Crippen molar-refractivity contribution in [3.05, 3.63) is 89.2 Å². The van der Waals surface area contributed by atoms with Gasteiger partial charge in [-0.15, -0.1) is 0 Å². The summed E-state index contributed by atoms with van der Waals surface area (Å²) in [6.07, 6.45) is 3.28. The summed E-state index contributed by atoms with van der Waals surface area (Å²) in [7, 11) is 0. The van der Waals surface area contributed by atoms with Gasteiger partial charge in [-0.05, 0) is 73.7 Å². The molecule has 3 rings (SSSR count). The standard InChI is InChI=1S/C28H34N4O2/c1-18(2)31-26(33)25(20-8-7-15-30-17-20)32(23-12-9-21(10-13-23)28(4,5)6)27(34)24-14-11-22(29)16-19(24)3/h7-18,25H,29H2,1-6H3,(H,31,33). The van der Waals surface area contributed by atoms with Crippen molar-refractivity contribution in [2.24, 2.45) is 0 Å². The molecule has 1 aromatic heterocycles. The molecule has 0 saturated heterocycles. The number of carbonyl (C=O) groups is 2. The first-order valence-electron chi connectivity index (χ1n) is 11.5. The van der Waals surface area contributed by atoms with Crippen molar-refractivity contribution < 1.29 is 9.59 Å². The first-order valence-corrected chi connectivity index (χ1v) is 11.5. The van der Waals surface area contributed by atoms with E-state index in [1.807, 2.05) is 51.1 Å². The van der Waals surface area contributed by atoms with Crippen molar-refractivity contribution in [3.8, 4) is 0 Å². The molecule has 34 heavy (non-hydrogen) atoms. The second-order valence-electron chi connectivity index (χ2n) is 9.90. The van der Waals surface area contributed by atoms with E-state index in [9.17, 15) is 9.59 Å². The van der Waals surface area contributed by atoms with Crippen LogP contribution in [0.2, 0.25) is 0 Å². The van der Waals surface area contributed by atoms with Gasteiger partial charge in [0.2, 0.25) is 5.91 Å². The van der Waals surface area contributed by atoms with Crippen LogP contribution in [0.5, 0.6) is 0 Å². The number of nitrogen functional groups attached to an aromatic ring is 1. The second kappa shape index (κ2) is 10.1. The summed E-state index contributed by atoms with van der Waals surface area (Å²) in [5.41, 5.74) is 10.1. The highest BCUT2D eigenvalue weighted by molar-refractivity contribution is 6.11. The Morgan fingerprint density at radius 1 is 1.03 bits per heavy atom. The van der Waals surface area contributed by atoms with E-state index in [1.165, 1.54) is 0 Å². The van der Waals surface area contributed by atoms with E-state index < -0.39 is 6.04 Å². The number of aryl methyl sites for hydroxylation is 1. The molecule has 2 amide bonds. The van der Waals surface area contributed by atoms with Gasteiger partial charge in [-0.1, -0.05) is 39.0 Å². The number of amides is 2. The molecule has 0 spiro atoms. The molecule has 0 aliphatic heterocycles.